The van der Waals surface area contributed by atoms with Gasteiger partial charge in [0, 0.05) is 12.1 Å². The minimum atomic E-state index is -0.213. The lowest BCUT2D eigenvalue weighted by molar-refractivity contribution is 0.0233. The minimum Gasteiger partial charge on any atom is -0.299 e. The van der Waals surface area contributed by atoms with E-state index in [2.05, 4.69) is 10.4 Å². The first-order valence-electron chi connectivity index (χ1n) is 8.58. The molecule has 0 bridgehead atoms. The molecule has 1 amide bonds. The minimum absolute atomic E-state index is 0.213. The van der Waals surface area contributed by atoms with Gasteiger partial charge in [0.05, 0.1) is 6.61 Å². The summed E-state index contributed by atoms with van der Waals surface area (Å²) in [4.78, 5) is 19.8. The van der Waals surface area contributed by atoms with Gasteiger partial charge in [0.1, 0.15) is 0 Å². The molecule has 1 aliphatic rings. The third-order valence-corrected chi connectivity index (χ3v) is 4.32. The van der Waals surface area contributed by atoms with Gasteiger partial charge in [-0.3, -0.25) is 14.5 Å². The van der Waals surface area contributed by atoms with Gasteiger partial charge in [-0.25, -0.2) is 5.48 Å². The maximum Gasteiger partial charge on any atom is 0.274 e. The van der Waals surface area contributed by atoms with Crippen LogP contribution in [0, 0.1) is 0 Å². The van der Waals surface area contributed by atoms with Crippen LogP contribution in [-0.4, -0.2) is 23.9 Å². The largest absolute Gasteiger partial charge is 0.299 e. The molecule has 2 aromatic carbocycles. The highest BCUT2D eigenvalue weighted by Crippen LogP contribution is 2.13. The first-order valence-corrected chi connectivity index (χ1v) is 8.58. The Morgan fingerprint density at radius 1 is 0.917 bits per heavy atom. The monoisotopic (exact) mass is 324 g/mol. The summed E-state index contributed by atoms with van der Waals surface area (Å²) < 4.78 is 0. The van der Waals surface area contributed by atoms with E-state index in [4.69, 9.17) is 4.84 Å². The summed E-state index contributed by atoms with van der Waals surface area (Å²) in [6.07, 6.45) is 3.93. The van der Waals surface area contributed by atoms with Gasteiger partial charge >= 0.3 is 0 Å². The van der Waals surface area contributed by atoms with Crippen molar-refractivity contribution in [3.8, 4) is 0 Å². The van der Waals surface area contributed by atoms with E-state index in [0.717, 1.165) is 12.1 Å². The number of hydrogen-bond acceptors (Lipinski definition) is 3. The Balaban J connectivity index is 1.46. The van der Waals surface area contributed by atoms with Crippen LogP contribution in [0.4, 0.5) is 0 Å². The van der Waals surface area contributed by atoms with E-state index >= 15 is 0 Å². The van der Waals surface area contributed by atoms with Gasteiger partial charge in [-0.15, -0.1) is 0 Å². The maximum absolute atomic E-state index is 12.1. The normalized spacial score (nSPS) is 15.2. The van der Waals surface area contributed by atoms with Crippen molar-refractivity contribution in [1.82, 2.24) is 10.4 Å². The van der Waals surface area contributed by atoms with Crippen LogP contribution in [-0.2, 0) is 18.0 Å². The average Bonchev–Trinajstić information content (AvgIpc) is 2.64. The molecule has 1 heterocycles. The van der Waals surface area contributed by atoms with E-state index in [-0.39, 0.29) is 5.91 Å². The quantitative estimate of drug-likeness (QED) is 0.827. The zero-order valence-corrected chi connectivity index (χ0v) is 13.9. The second kappa shape index (κ2) is 8.62. The summed E-state index contributed by atoms with van der Waals surface area (Å²) >= 11 is 0. The van der Waals surface area contributed by atoms with Crippen molar-refractivity contribution in [1.29, 1.82) is 0 Å². The number of carbonyl (C=O) groups excluding carboxylic acids is 1. The van der Waals surface area contributed by atoms with Crippen molar-refractivity contribution in [3.63, 3.8) is 0 Å². The molecule has 1 fully saturated rings. The molecule has 1 saturated heterocycles. The van der Waals surface area contributed by atoms with Gasteiger partial charge < -0.3 is 0 Å². The standard InChI is InChI=1S/C20H24N2O2/c23-20(21-24-16-18-7-3-1-4-8-18)19-11-9-17(10-12-19)15-22-13-5-2-6-14-22/h1,3-4,7-12H,2,5-6,13-16H2,(H,21,23). The van der Waals surface area contributed by atoms with E-state index in [9.17, 15) is 4.79 Å². The second-order valence-electron chi connectivity index (χ2n) is 6.24. The van der Waals surface area contributed by atoms with Crippen molar-refractivity contribution in [2.45, 2.75) is 32.4 Å². The van der Waals surface area contributed by atoms with Crippen molar-refractivity contribution in [2.24, 2.45) is 0 Å². The Morgan fingerprint density at radius 3 is 2.33 bits per heavy atom. The fraction of sp³-hybridized carbons (Fsp3) is 0.350. The molecule has 0 aliphatic carbocycles. The van der Waals surface area contributed by atoms with Crippen LogP contribution in [0.1, 0.15) is 40.7 Å². The first kappa shape index (κ1) is 16.7. The molecule has 24 heavy (non-hydrogen) atoms. The number of hydrogen-bond donors (Lipinski definition) is 1. The van der Waals surface area contributed by atoms with Gasteiger partial charge in [0.15, 0.2) is 0 Å². The molecule has 126 valence electrons. The highest BCUT2D eigenvalue weighted by Gasteiger charge is 2.11. The lowest BCUT2D eigenvalue weighted by Crippen LogP contribution is -2.29. The Kier molecular flexibility index (Phi) is 5.99. The molecule has 0 atom stereocenters. The van der Waals surface area contributed by atoms with Gasteiger partial charge in [0.25, 0.3) is 5.91 Å². The zero-order chi connectivity index (χ0) is 16.6. The molecule has 1 N–H and O–H groups in total. The van der Waals surface area contributed by atoms with Gasteiger partial charge in [-0.05, 0) is 49.2 Å². The van der Waals surface area contributed by atoms with Gasteiger partial charge in [0.2, 0.25) is 0 Å². The number of carbonyl (C=O) groups is 1. The molecule has 0 radical (unpaired) electrons. The van der Waals surface area contributed by atoms with E-state index in [1.54, 1.807) is 0 Å². The second-order valence-corrected chi connectivity index (χ2v) is 6.24. The lowest BCUT2D eigenvalue weighted by atomic mass is 10.1. The van der Waals surface area contributed by atoms with Crippen LogP contribution in [0.25, 0.3) is 0 Å². The van der Waals surface area contributed by atoms with Crippen LogP contribution >= 0.6 is 0 Å². The molecule has 0 saturated carbocycles. The van der Waals surface area contributed by atoms with Crippen molar-refractivity contribution in [3.05, 3.63) is 71.3 Å². The fourth-order valence-corrected chi connectivity index (χ4v) is 2.96. The van der Waals surface area contributed by atoms with E-state index in [1.165, 1.54) is 37.9 Å². The Morgan fingerprint density at radius 2 is 1.62 bits per heavy atom. The first-order chi connectivity index (χ1) is 11.8. The highest BCUT2D eigenvalue weighted by atomic mass is 16.6. The van der Waals surface area contributed by atoms with E-state index in [0.29, 0.717) is 12.2 Å². The number of piperidine rings is 1. The molecule has 1 aliphatic heterocycles. The molecular formula is C20H24N2O2. The molecule has 0 aromatic heterocycles. The molecule has 4 nitrogen and oxygen atoms in total. The molecule has 2 aromatic rings. The van der Waals surface area contributed by atoms with Gasteiger partial charge in [-0.1, -0.05) is 48.9 Å². The summed E-state index contributed by atoms with van der Waals surface area (Å²) in [5.74, 6) is -0.213. The Hall–Kier alpha value is -2.17. The Labute approximate surface area is 143 Å². The average molecular weight is 324 g/mol. The summed E-state index contributed by atoms with van der Waals surface area (Å²) in [7, 11) is 0. The lowest BCUT2D eigenvalue weighted by Gasteiger charge is -2.26. The topological polar surface area (TPSA) is 41.6 Å². The summed E-state index contributed by atoms with van der Waals surface area (Å²) in [5.41, 5.74) is 5.39. The van der Waals surface area contributed by atoms with Crippen LogP contribution in [0.5, 0.6) is 0 Å². The predicted octanol–water partition coefficient (Wildman–Crippen LogP) is 3.53. The summed E-state index contributed by atoms with van der Waals surface area (Å²) in [6.45, 7) is 3.68. The SMILES string of the molecule is O=C(NOCc1ccccc1)c1ccc(CN2CCCCC2)cc1. The smallest absolute Gasteiger partial charge is 0.274 e. The fourth-order valence-electron chi connectivity index (χ4n) is 2.96. The predicted molar refractivity (Wildman–Crippen MR) is 94.3 cm³/mol. The number of nitrogens with zero attached hydrogens (tertiary/aromatic N) is 1. The zero-order valence-electron chi connectivity index (χ0n) is 13.9. The van der Waals surface area contributed by atoms with E-state index < -0.39 is 0 Å². The molecule has 0 unspecified atom stereocenters. The molecule has 4 heteroatoms. The molecule has 3 rings (SSSR count). The molecular weight excluding hydrogens is 300 g/mol. The third-order valence-electron chi connectivity index (χ3n) is 4.32. The Bertz CT molecular complexity index is 634. The van der Waals surface area contributed by atoms with E-state index in [1.807, 2.05) is 54.6 Å². The summed E-state index contributed by atoms with van der Waals surface area (Å²) in [5, 5.41) is 0. The maximum atomic E-state index is 12.1. The summed E-state index contributed by atoms with van der Waals surface area (Å²) in [6, 6.07) is 17.5. The third kappa shape index (κ3) is 4.91. The van der Waals surface area contributed by atoms with Crippen molar-refractivity contribution < 1.29 is 9.63 Å². The number of benzene rings is 2. The van der Waals surface area contributed by atoms with Crippen LogP contribution < -0.4 is 5.48 Å². The number of hydroxylamine groups is 1. The van der Waals surface area contributed by atoms with Crippen molar-refractivity contribution in [2.75, 3.05) is 13.1 Å². The molecule has 0 spiro atoms. The van der Waals surface area contributed by atoms with Crippen LogP contribution in [0.3, 0.4) is 0 Å². The number of likely N-dealkylation sites (tertiary alicyclic amines) is 1. The highest BCUT2D eigenvalue weighted by molar-refractivity contribution is 5.93. The number of amides is 1. The van der Waals surface area contributed by atoms with Gasteiger partial charge in [-0.2, -0.15) is 0 Å². The van der Waals surface area contributed by atoms with Crippen LogP contribution in [0.15, 0.2) is 54.6 Å². The number of nitrogens with one attached hydrogen (secondary N) is 1. The van der Waals surface area contributed by atoms with Crippen LogP contribution in [0.2, 0.25) is 0 Å². The number of rotatable bonds is 6. The van der Waals surface area contributed by atoms with Crippen molar-refractivity contribution >= 4 is 5.91 Å².